The number of aromatic nitrogens is 2. The molecule has 0 saturated heterocycles. The molecule has 1 heterocycles. The lowest BCUT2D eigenvalue weighted by Gasteiger charge is -2.01. The summed E-state index contributed by atoms with van der Waals surface area (Å²) < 4.78 is -0.558. The normalized spacial score (nSPS) is 22.7. The van der Waals surface area contributed by atoms with Gasteiger partial charge in [-0.05, 0) is 13.3 Å². The minimum atomic E-state index is -0.558. The highest BCUT2D eigenvalue weighted by atomic mass is 35.5. The summed E-state index contributed by atoms with van der Waals surface area (Å²) in [6.07, 6.45) is 0.819. The molecule has 82 valence electrons. The Bertz CT molecular complexity index is 432. The van der Waals surface area contributed by atoms with Crippen molar-refractivity contribution in [1.82, 2.24) is 9.97 Å². The lowest BCUT2D eigenvalue weighted by molar-refractivity contribution is 0.895. The van der Waals surface area contributed by atoms with Crippen molar-refractivity contribution in [1.29, 1.82) is 0 Å². The largest absolute Gasteiger partial charge is 0.301 e. The molecule has 0 spiro atoms. The molecule has 1 aliphatic rings. The third kappa shape index (κ3) is 2.89. The Labute approximate surface area is 102 Å². The van der Waals surface area contributed by atoms with Crippen LogP contribution in [0.15, 0.2) is 16.0 Å². The van der Waals surface area contributed by atoms with Gasteiger partial charge in [-0.15, -0.1) is 23.2 Å². The molecule has 1 aliphatic carbocycles. The van der Waals surface area contributed by atoms with E-state index in [0.29, 0.717) is 11.1 Å². The van der Waals surface area contributed by atoms with E-state index in [0.717, 1.165) is 17.9 Å². The van der Waals surface area contributed by atoms with Gasteiger partial charge in [-0.25, -0.2) is 4.98 Å². The Morgan fingerprint density at radius 2 is 2.40 bits per heavy atom. The van der Waals surface area contributed by atoms with Crippen LogP contribution in [0.4, 0.5) is 0 Å². The lowest BCUT2D eigenvalue weighted by atomic mass is 10.5. The van der Waals surface area contributed by atoms with Gasteiger partial charge in [0, 0.05) is 23.4 Å². The zero-order valence-corrected chi connectivity index (χ0v) is 10.4. The topological polar surface area (TPSA) is 45.8 Å². The molecule has 1 aromatic heterocycles. The minimum Gasteiger partial charge on any atom is -0.301 e. The second-order valence-corrected chi connectivity index (χ2v) is 6.22. The van der Waals surface area contributed by atoms with Crippen LogP contribution in [0, 0.1) is 12.8 Å². The molecule has 15 heavy (non-hydrogen) atoms. The van der Waals surface area contributed by atoms with Gasteiger partial charge in [0.15, 0.2) is 5.16 Å². The summed E-state index contributed by atoms with van der Waals surface area (Å²) in [5.74, 6) is 1.09. The molecule has 3 nitrogen and oxygen atoms in total. The molecule has 0 aliphatic heterocycles. The third-order valence-corrected chi connectivity index (χ3v) is 4.19. The van der Waals surface area contributed by atoms with Gasteiger partial charge >= 0.3 is 0 Å². The van der Waals surface area contributed by atoms with Crippen molar-refractivity contribution in [2.45, 2.75) is 22.8 Å². The van der Waals surface area contributed by atoms with Crippen LogP contribution in [-0.4, -0.2) is 20.1 Å². The van der Waals surface area contributed by atoms with Crippen LogP contribution in [0.25, 0.3) is 0 Å². The van der Waals surface area contributed by atoms with Gasteiger partial charge in [-0.2, -0.15) is 0 Å². The van der Waals surface area contributed by atoms with Gasteiger partial charge in [0.2, 0.25) is 0 Å². The SMILES string of the molecule is Cc1cc(=O)[nH]c(SCC2CC2(Cl)Cl)n1. The van der Waals surface area contributed by atoms with Crippen LogP contribution in [0.1, 0.15) is 12.1 Å². The maximum absolute atomic E-state index is 11.1. The summed E-state index contributed by atoms with van der Waals surface area (Å²) in [6, 6.07) is 1.47. The van der Waals surface area contributed by atoms with E-state index >= 15 is 0 Å². The van der Waals surface area contributed by atoms with Crippen LogP contribution in [0.2, 0.25) is 0 Å². The molecule has 1 unspecified atom stereocenters. The highest BCUT2D eigenvalue weighted by Crippen LogP contribution is 2.54. The molecular formula is C9H10Cl2N2OS. The molecule has 0 amide bonds. The van der Waals surface area contributed by atoms with Crippen molar-refractivity contribution >= 4 is 35.0 Å². The Morgan fingerprint density at radius 3 is 2.93 bits per heavy atom. The molecule has 0 radical (unpaired) electrons. The van der Waals surface area contributed by atoms with E-state index in [-0.39, 0.29) is 5.56 Å². The average Bonchev–Trinajstić information content (AvgIpc) is 2.69. The summed E-state index contributed by atoms with van der Waals surface area (Å²) in [7, 11) is 0. The van der Waals surface area contributed by atoms with E-state index in [1.165, 1.54) is 17.8 Å². The first-order chi connectivity index (χ1) is 6.97. The Balaban J connectivity index is 1.97. The number of alkyl halides is 2. The van der Waals surface area contributed by atoms with Gasteiger partial charge in [-0.3, -0.25) is 4.79 Å². The molecule has 1 atom stereocenters. The van der Waals surface area contributed by atoms with E-state index in [4.69, 9.17) is 23.2 Å². The summed E-state index contributed by atoms with van der Waals surface area (Å²) in [5.41, 5.74) is 0.601. The van der Waals surface area contributed by atoms with Crippen LogP contribution in [0.5, 0.6) is 0 Å². The number of rotatable bonds is 3. The minimum absolute atomic E-state index is 0.121. The number of nitrogens with zero attached hydrogens (tertiary/aromatic N) is 1. The fourth-order valence-electron chi connectivity index (χ4n) is 1.25. The van der Waals surface area contributed by atoms with E-state index in [2.05, 4.69) is 9.97 Å². The van der Waals surface area contributed by atoms with E-state index in [1.54, 1.807) is 6.92 Å². The lowest BCUT2D eigenvalue weighted by Crippen LogP contribution is -2.08. The predicted octanol–water partition coefficient (Wildman–Crippen LogP) is 2.36. The fraction of sp³-hybridized carbons (Fsp3) is 0.556. The fourth-order valence-corrected chi connectivity index (χ4v) is 3.10. The van der Waals surface area contributed by atoms with Gasteiger partial charge in [0.05, 0.1) is 0 Å². The molecular weight excluding hydrogens is 255 g/mol. The highest BCUT2D eigenvalue weighted by Gasteiger charge is 2.51. The maximum atomic E-state index is 11.1. The van der Waals surface area contributed by atoms with Crippen LogP contribution in [-0.2, 0) is 0 Å². The molecule has 6 heteroatoms. The van der Waals surface area contributed by atoms with Gasteiger partial charge in [0.25, 0.3) is 5.56 Å². The number of hydrogen-bond acceptors (Lipinski definition) is 3. The zero-order valence-electron chi connectivity index (χ0n) is 8.09. The first-order valence-corrected chi connectivity index (χ1v) is 6.30. The highest BCUT2D eigenvalue weighted by molar-refractivity contribution is 7.99. The monoisotopic (exact) mass is 264 g/mol. The summed E-state index contributed by atoms with van der Waals surface area (Å²) in [4.78, 5) is 18.0. The Morgan fingerprint density at radius 1 is 1.73 bits per heavy atom. The molecule has 1 aromatic rings. The van der Waals surface area contributed by atoms with Crippen LogP contribution >= 0.6 is 35.0 Å². The first kappa shape index (κ1) is 11.3. The van der Waals surface area contributed by atoms with E-state index < -0.39 is 4.33 Å². The Kier molecular flexibility index (Phi) is 3.01. The van der Waals surface area contributed by atoms with Crippen molar-refractivity contribution in [3.8, 4) is 0 Å². The predicted molar refractivity (Wildman–Crippen MR) is 62.9 cm³/mol. The quantitative estimate of drug-likeness (QED) is 0.518. The number of H-pyrrole nitrogens is 1. The standard InChI is InChI=1S/C9H10Cl2N2OS/c1-5-2-7(14)13-8(12-5)15-4-6-3-9(6,10)11/h2,6H,3-4H2,1H3,(H,12,13,14). The zero-order chi connectivity index (χ0) is 11.1. The van der Waals surface area contributed by atoms with E-state index in [1.807, 2.05) is 0 Å². The smallest absolute Gasteiger partial charge is 0.251 e. The third-order valence-electron chi connectivity index (χ3n) is 2.22. The van der Waals surface area contributed by atoms with E-state index in [9.17, 15) is 4.79 Å². The molecule has 1 N–H and O–H groups in total. The van der Waals surface area contributed by atoms with Gasteiger partial charge in [-0.1, -0.05) is 11.8 Å². The molecule has 1 saturated carbocycles. The number of aromatic amines is 1. The van der Waals surface area contributed by atoms with Crippen molar-refractivity contribution < 1.29 is 0 Å². The maximum Gasteiger partial charge on any atom is 0.251 e. The van der Waals surface area contributed by atoms with Crippen molar-refractivity contribution in [3.05, 3.63) is 22.1 Å². The van der Waals surface area contributed by atoms with Crippen LogP contribution < -0.4 is 5.56 Å². The Hall–Kier alpha value is -0.190. The second kappa shape index (κ2) is 4.00. The number of aryl methyl sites for hydroxylation is 1. The molecule has 0 bridgehead atoms. The summed E-state index contributed by atoms with van der Waals surface area (Å²) in [6.45, 7) is 1.80. The number of hydrogen-bond donors (Lipinski definition) is 1. The molecule has 2 rings (SSSR count). The van der Waals surface area contributed by atoms with Crippen LogP contribution in [0.3, 0.4) is 0 Å². The van der Waals surface area contributed by atoms with Crippen molar-refractivity contribution in [3.63, 3.8) is 0 Å². The number of halogens is 2. The summed E-state index contributed by atoms with van der Waals surface area (Å²) in [5, 5.41) is 0.635. The van der Waals surface area contributed by atoms with Crippen molar-refractivity contribution in [2.75, 3.05) is 5.75 Å². The number of thioether (sulfide) groups is 1. The summed E-state index contributed by atoms with van der Waals surface area (Å²) >= 11 is 13.3. The second-order valence-electron chi connectivity index (χ2n) is 3.67. The van der Waals surface area contributed by atoms with Crippen molar-refractivity contribution in [2.24, 2.45) is 5.92 Å². The first-order valence-electron chi connectivity index (χ1n) is 4.56. The average molecular weight is 265 g/mol. The van der Waals surface area contributed by atoms with Gasteiger partial charge in [0.1, 0.15) is 4.33 Å². The number of nitrogens with one attached hydrogen (secondary N) is 1. The molecule has 1 fully saturated rings. The molecule has 0 aromatic carbocycles. The van der Waals surface area contributed by atoms with Gasteiger partial charge < -0.3 is 4.98 Å².